The Morgan fingerprint density at radius 2 is 1.73 bits per heavy atom. The zero-order chi connectivity index (χ0) is 18.4. The van der Waals surface area contributed by atoms with E-state index in [1.807, 2.05) is 49.4 Å². The minimum Gasteiger partial charge on any atom is -0.463 e. The van der Waals surface area contributed by atoms with Gasteiger partial charge in [-0.1, -0.05) is 66.2 Å². The molecule has 2 nitrogen and oxygen atoms in total. The van der Waals surface area contributed by atoms with Crippen LogP contribution >= 0.6 is 11.6 Å². The maximum absolute atomic E-state index is 12.1. The summed E-state index contributed by atoms with van der Waals surface area (Å²) in [4.78, 5) is 12.1. The maximum Gasteiger partial charge on any atom is 0.331 e. The van der Waals surface area contributed by atoms with Crippen molar-refractivity contribution in [1.82, 2.24) is 0 Å². The molecule has 0 saturated heterocycles. The van der Waals surface area contributed by atoms with Crippen LogP contribution in [0.2, 0.25) is 5.02 Å². The van der Waals surface area contributed by atoms with Gasteiger partial charge < -0.3 is 4.74 Å². The number of rotatable bonds is 6. The number of esters is 1. The van der Waals surface area contributed by atoms with Crippen LogP contribution in [-0.2, 0) is 16.0 Å². The Morgan fingerprint density at radius 3 is 2.50 bits per heavy atom. The minimum absolute atomic E-state index is 0.299. The molecule has 132 valence electrons. The van der Waals surface area contributed by atoms with Crippen molar-refractivity contribution in [3.63, 3.8) is 0 Å². The molecule has 26 heavy (non-hydrogen) atoms. The molecule has 0 aromatic heterocycles. The molecule has 0 atom stereocenters. The molecule has 0 saturated carbocycles. The summed E-state index contributed by atoms with van der Waals surface area (Å²) in [5.41, 5.74) is 3.24. The lowest BCUT2D eigenvalue weighted by molar-refractivity contribution is -0.137. The summed E-state index contributed by atoms with van der Waals surface area (Å²) in [6, 6.07) is 22.2. The quantitative estimate of drug-likeness (QED) is 0.391. The molecule has 0 bridgehead atoms. The van der Waals surface area contributed by atoms with Gasteiger partial charge in [-0.25, -0.2) is 4.79 Å². The van der Waals surface area contributed by atoms with Crippen LogP contribution in [0.4, 0.5) is 0 Å². The Labute approximate surface area is 159 Å². The lowest BCUT2D eigenvalue weighted by atomic mass is 9.93. The fourth-order valence-electron chi connectivity index (χ4n) is 3.05. The molecule has 0 unspecified atom stereocenters. The van der Waals surface area contributed by atoms with Gasteiger partial charge in [-0.05, 0) is 59.4 Å². The number of carbonyl (C=O) groups excluding carboxylic acids is 1. The van der Waals surface area contributed by atoms with Crippen LogP contribution in [0.15, 0.2) is 72.8 Å². The standard InChI is InChI=1S/C23H21ClO2/c1-2-26-23(25)16-19(13-10-17-11-14-20(24)15-12-17)22-9-5-7-18-6-3-4-8-21(18)22/h3-9,11-12,14-16H,2,10,13H2,1H3/b19-16+. The Bertz CT molecular complexity index is 921. The molecule has 0 radical (unpaired) electrons. The first-order valence-corrected chi connectivity index (χ1v) is 9.15. The summed E-state index contributed by atoms with van der Waals surface area (Å²) in [6.07, 6.45) is 3.20. The van der Waals surface area contributed by atoms with E-state index in [-0.39, 0.29) is 5.97 Å². The second-order valence-electron chi connectivity index (χ2n) is 6.07. The van der Waals surface area contributed by atoms with Gasteiger partial charge in [-0.2, -0.15) is 0 Å². The molecule has 3 rings (SSSR count). The van der Waals surface area contributed by atoms with Crippen LogP contribution in [0.25, 0.3) is 16.3 Å². The predicted molar refractivity (Wildman–Crippen MR) is 108 cm³/mol. The number of hydrogen-bond acceptors (Lipinski definition) is 2. The summed E-state index contributed by atoms with van der Waals surface area (Å²) in [6.45, 7) is 2.19. The van der Waals surface area contributed by atoms with Crippen LogP contribution in [0.5, 0.6) is 0 Å². The van der Waals surface area contributed by atoms with Gasteiger partial charge in [-0.3, -0.25) is 0 Å². The molecule has 0 amide bonds. The topological polar surface area (TPSA) is 26.3 Å². The molecule has 0 spiro atoms. The molecule has 0 fully saturated rings. The zero-order valence-corrected chi connectivity index (χ0v) is 15.5. The second kappa shape index (κ2) is 8.68. The largest absolute Gasteiger partial charge is 0.463 e. The third-order valence-corrected chi connectivity index (χ3v) is 4.56. The molecule has 0 N–H and O–H groups in total. The third kappa shape index (κ3) is 4.53. The van der Waals surface area contributed by atoms with Crippen molar-refractivity contribution in [2.45, 2.75) is 19.8 Å². The van der Waals surface area contributed by atoms with Gasteiger partial charge >= 0.3 is 5.97 Å². The first-order valence-electron chi connectivity index (χ1n) is 8.77. The van der Waals surface area contributed by atoms with Crippen LogP contribution in [0, 0.1) is 0 Å². The molecule has 3 aromatic rings. The molecule has 0 aliphatic heterocycles. The summed E-state index contributed by atoms with van der Waals surface area (Å²) < 4.78 is 5.14. The average molecular weight is 365 g/mol. The normalized spacial score (nSPS) is 11.5. The molecule has 0 heterocycles. The Morgan fingerprint density at radius 1 is 1.00 bits per heavy atom. The highest BCUT2D eigenvalue weighted by atomic mass is 35.5. The number of aryl methyl sites for hydroxylation is 1. The Hall–Kier alpha value is -2.58. The lowest BCUT2D eigenvalue weighted by Gasteiger charge is -2.12. The summed E-state index contributed by atoms with van der Waals surface area (Å²) in [5.74, 6) is -0.299. The van der Waals surface area contributed by atoms with Crippen LogP contribution < -0.4 is 0 Å². The fraction of sp³-hybridized carbons (Fsp3) is 0.174. The van der Waals surface area contributed by atoms with Gasteiger partial charge in [0.1, 0.15) is 0 Å². The number of carbonyl (C=O) groups is 1. The zero-order valence-electron chi connectivity index (χ0n) is 14.7. The van der Waals surface area contributed by atoms with E-state index in [1.54, 1.807) is 6.08 Å². The van der Waals surface area contributed by atoms with Crippen molar-refractivity contribution in [2.24, 2.45) is 0 Å². The van der Waals surface area contributed by atoms with E-state index < -0.39 is 0 Å². The first kappa shape index (κ1) is 18.2. The highest BCUT2D eigenvalue weighted by Gasteiger charge is 2.10. The number of benzene rings is 3. The number of allylic oxidation sites excluding steroid dienone is 1. The lowest BCUT2D eigenvalue weighted by Crippen LogP contribution is -2.02. The highest BCUT2D eigenvalue weighted by Crippen LogP contribution is 2.28. The van der Waals surface area contributed by atoms with Crippen LogP contribution in [0.3, 0.4) is 0 Å². The van der Waals surface area contributed by atoms with E-state index in [9.17, 15) is 4.79 Å². The van der Waals surface area contributed by atoms with E-state index in [2.05, 4.69) is 24.3 Å². The average Bonchev–Trinajstić information content (AvgIpc) is 2.66. The summed E-state index contributed by atoms with van der Waals surface area (Å²) >= 11 is 5.97. The SMILES string of the molecule is CCOC(=O)/C=C(\CCc1ccc(Cl)cc1)c1cccc2ccccc12. The number of fused-ring (bicyclic) bond motifs is 1. The third-order valence-electron chi connectivity index (χ3n) is 4.31. The monoisotopic (exact) mass is 364 g/mol. The molecule has 0 aliphatic rings. The van der Waals surface area contributed by atoms with Gasteiger partial charge in [0.2, 0.25) is 0 Å². The van der Waals surface area contributed by atoms with Crippen molar-refractivity contribution in [3.8, 4) is 0 Å². The van der Waals surface area contributed by atoms with E-state index in [0.717, 1.165) is 39.8 Å². The maximum atomic E-state index is 12.1. The van der Waals surface area contributed by atoms with E-state index in [4.69, 9.17) is 16.3 Å². The van der Waals surface area contributed by atoms with E-state index >= 15 is 0 Å². The van der Waals surface area contributed by atoms with Gasteiger partial charge in [0, 0.05) is 11.1 Å². The number of hydrogen-bond donors (Lipinski definition) is 0. The van der Waals surface area contributed by atoms with Crippen LogP contribution in [-0.4, -0.2) is 12.6 Å². The van der Waals surface area contributed by atoms with Crippen LogP contribution in [0.1, 0.15) is 24.5 Å². The van der Waals surface area contributed by atoms with E-state index in [1.165, 1.54) is 5.56 Å². The Kier molecular flexibility index (Phi) is 6.08. The van der Waals surface area contributed by atoms with Gasteiger partial charge in [0.25, 0.3) is 0 Å². The van der Waals surface area contributed by atoms with E-state index in [0.29, 0.717) is 6.61 Å². The van der Waals surface area contributed by atoms with Gasteiger partial charge in [-0.15, -0.1) is 0 Å². The molecule has 3 heteroatoms. The number of halogens is 1. The number of ether oxygens (including phenoxy) is 1. The molecular formula is C23H21ClO2. The molecule has 3 aromatic carbocycles. The van der Waals surface area contributed by atoms with Gasteiger partial charge in [0.15, 0.2) is 0 Å². The molecule has 0 aliphatic carbocycles. The summed E-state index contributed by atoms with van der Waals surface area (Å²) in [5, 5.41) is 3.03. The van der Waals surface area contributed by atoms with Gasteiger partial charge in [0.05, 0.1) is 6.61 Å². The van der Waals surface area contributed by atoms with Crippen molar-refractivity contribution >= 4 is 33.9 Å². The fourth-order valence-corrected chi connectivity index (χ4v) is 3.17. The Balaban J connectivity index is 1.94. The molecular weight excluding hydrogens is 344 g/mol. The first-order chi connectivity index (χ1) is 12.7. The highest BCUT2D eigenvalue weighted by molar-refractivity contribution is 6.30. The smallest absolute Gasteiger partial charge is 0.331 e. The van der Waals surface area contributed by atoms with Crippen molar-refractivity contribution < 1.29 is 9.53 Å². The second-order valence-corrected chi connectivity index (χ2v) is 6.51. The van der Waals surface area contributed by atoms with Crippen molar-refractivity contribution in [1.29, 1.82) is 0 Å². The van der Waals surface area contributed by atoms with Crippen molar-refractivity contribution in [3.05, 3.63) is 89.0 Å². The predicted octanol–water partition coefficient (Wildman–Crippen LogP) is 6.07. The minimum atomic E-state index is -0.299. The summed E-state index contributed by atoms with van der Waals surface area (Å²) in [7, 11) is 0. The van der Waals surface area contributed by atoms with Crippen molar-refractivity contribution in [2.75, 3.05) is 6.61 Å².